The quantitative estimate of drug-likeness (QED) is 0.613. The first kappa shape index (κ1) is 19.0. The van der Waals surface area contributed by atoms with Crippen LogP contribution in [0.4, 0.5) is 18.9 Å². The van der Waals surface area contributed by atoms with Gasteiger partial charge in [0.2, 0.25) is 5.88 Å². The van der Waals surface area contributed by atoms with Crippen LogP contribution >= 0.6 is 0 Å². The number of fused-ring (bicyclic) bond motifs is 1. The van der Waals surface area contributed by atoms with Gasteiger partial charge in [-0.15, -0.1) is 0 Å². The molecule has 0 fully saturated rings. The number of pyridine rings is 1. The lowest BCUT2D eigenvalue weighted by Crippen LogP contribution is -2.24. The van der Waals surface area contributed by atoms with E-state index in [1.54, 1.807) is 6.07 Å². The third kappa shape index (κ3) is 5.60. The Bertz CT molecular complexity index is 821. The summed E-state index contributed by atoms with van der Waals surface area (Å²) in [6.45, 7) is -1.17. The second kappa shape index (κ2) is 8.28. The number of anilines is 1. The number of aromatic nitrogens is 1. The van der Waals surface area contributed by atoms with Gasteiger partial charge < -0.3 is 15.8 Å². The highest BCUT2D eigenvalue weighted by Gasteiger charge is 2.28. The highest BCUT2D eigenvalue weighted by Crippen LogP contribution is 2.27. The van der Waals surface area contributed by atoms with Crippen LogP contribution in [0.2, 0.25) is 0 Å². The lowest BCUT2D eigenvalue weighted by atomic mass is 9.90. The normalized spacial score (nSPS) is 14.6. The molecule has 0 spiro atoms. The van der Waals surface area contributed by atoms with E-state index in [4.69, 9.17) is 5.73 Å². The van der Waals surface area contributed by atoms with Crippen molar-refractivity contribution in [1.29, 1.82) is 0 Å². The predicted octanol–water partition coefficient (Wildman–Crippen LogP) is 3.83. The Kier molecular flexibility index (Phi) is 5.83. The van der Waals surface area contributed by atoms with Crippen LogP contribution in [0.25, 0.3) is 0 Å². The van der Waals surface area contributed by atoms with Crippen molar-refractivity contribution < 1.29 is 17.9 Å². The number of nitrogens with zero attached hydrogens (tertiary/aromatic N) is 2. The molecule has 0 unspecified atom stereocenters. The van der Waals surface area contributed by atoms with Gasteiger partial charge in [-0.05, 0) is 54.5 Å². The van der Waals surface area contributed by atoms with Crippen LogP contribution in [0, 0.1) is 0 Å². The molecule has 0 saturated carbocycles. The molecule has 3 rings (SSSR count). The van der Waals surface area contributed by atoms with Gasteiger partial charge in [-0.3, -0.25) is 0 Å². The second-order valence-corrected chi connectivity index (χ2v) is 6.38. The maximum absolute atomic E-state index is 12.2. The van der Waals surface area contributed by atoms with Crippen molar-refractivity contribution in [3.05, 3.63) is 53.2 Å². The first-order valence-corrected chi connectivity index (χ1v) is 8.73. The summed E-state index contributed by atoms with van der Waals surface area (Å²) in [6.07, 6.45) is 1.41. The molecule has 8 heteroatoms. The number of ether oxygens (including phenoxy) is 1. The van der Waals surface area contributed by atoms with E-state index in [0.717, 1.165) is 24.9 Å². The van der Waals surface area contributed by atoms with Crippen molar-refractivity contribution in [2.45, 2.75) is 38.4 Å². The number of hydrogen-bond donors (Lipinski definition) is 2. The van der Waals surface area contributed by atoms with Crippen molar-refractivity contribution in [3.8, 4) is 5.88 Å². The summed E-state index contributed by atoms with van der Waals surface area (Å²) in [5.41, 5.74) is 10.2. The summed E-state index contributed by atoms with van der Waals surface area (Å²) in [5.74, 6) is 0.159. The first-order valence-electron chi connectivity index (χ1n) is 8.73. The summed E-state index contributed by atoms with van der Waals surface area (Å²) >= 11 is 0. The minimum absolute atomic E-state index is 0.0938. The van der Waals surface area contributed by atoms with E-state index >= 15 is 0 Å². The summed E-state index contributed by atoms with van der Waals surface area (Å²) in [5, 5.41) is 3.13. The minimum atomic E-state index is -4.40. The molecule has 0 bridgehead atoms. The van der Waals surface area contributed by atoms with Gasteiger partial charge in [0.1, 0.15) is 0 Å². The van der Waals surface area contributed by atoms with Gasteiger partial charge in [0.05, 0.1) is 6.54 Å². The molecule has 5 nitrogen and oxygen atoms in total. The Morgan fingerprint density at radius 3 is 2.85 bits per heavy atom. The minimum Gasteiger partial charge on any atom is -0.468 e. The van der Waals surface area contributed by atoms with Crippen molar-refractivity contribution in [2.24, 2.45) is 10.7 Å². The summed E-state index contributed by atoms with van der Waals surface area (Å²) in [4.78, 5) is 8.03. The second-order valence-electron chi connectivity index (χ2n) is 6.38. The predicted molar refractivity (Wildman–Crippen MR) is 97.8 cm³/mol. The number of aryl methyl sites for hydroxylation is 1. The molecule has 2 aromatic rings. The molecule has 1 aliphatic rings. The van der Waals surface area contributed by atoms with Gasteiger partial charge in [-0.1, -0.05) is 12.1 Å². The van der Waals surface area contributed by atoms with Gasteiger partial charge in [-0.2, -0.15) is 13.2 Å². The molecular formula is C19H21F3N4O. The number of alkyl halides is 3. The van der Waals surface area contributed by atoms with Gasteiger partial charge in [0.25, 0.3) is 0 Å². The Balaban J connectivity index is 1.63. The zero-order chi connectivity index (χ0) is 19.3. The molecule has 0 amide bonds. The monoisotopic (exact) mass is 378 g/mol. The van der Waals surface area contributed by atoms with E-state index in [9.17, 15) is 13.2 Å². The number of benzene rings is 1. The van der Waals surface area contributed by atoms with E-state index in [-0.39, 0.29) is 18.4 Å². The van der Waals surface area contributed by atoms with Gasteiger partial charge in [-0.25, -0.2) is 9.98 Å². The third-order valence-corrected chi connectivity index (χ3v) is 4.27. The molecule has 1 heterocycles. The smallest absolute Gasteiger partial charge is 0.422 e. The number of guanidine groups is 1. The van der Waals surface area contributed by atoms with Crippen LogP contribution in [0.15, 0.2) is 41.5 Å². The number of rotatable bonds is 5. The van der Waals surface area contributed by atoms with Crippen molar-refractivity contribution >= 4 is 11.6 Å². The number of halogens is 3. The molecular weight excluding hydrogens is 357 g/mol. The molecule has 0 atom stereocenters. The van der Waals surface area contributed by atoms with Gasteiger partial charge in [0, 0.05) is 18.0 Å². The molecule has 0 saturated heterocycles. The number of nitrogens with one attached hydrogen (secondary N) is 1. The van der Waals surface area contributed by atoms with Crippen LogP contribution < -0.4 is 15.8 Å². The highest BCUT2D eigenvalue weighted by atomic mass is 19.4. The Morgan fingerprint density at radius 2 is 2.04 bits per heavy atom. The zero-order valence-corrected chi connectivity index (χ0v) is 14.7. The largest absolute Gasteiger partial charge is 0.468 e. The van der Waals surface area contributed by atoms with Gasteiger partial charge in [0.15, 0.2) is 12.6 Å². The molecule has 3 N–H and O–H groups in total. The Hall–Kier alpha value is -2.77. The van der Waals surface area contributed by atoms with E-state index in [1.807, 2.05) is 12.1 Å². The highest BCUT2D eigenvalue weighted by molar-refractivity contribution is 5.93. The molecule has 0 aliphatic heterocycles. The first-order chi connectivity index (χ1) is 12.9. The van der Waals surface area contributed by atoms with Crippen molar-refractivity contribution in [1.82, 2.24) is 4.98 Å². The van der Waals surface area contributed by atoms with Gasteiger partial charge >= 0.3 is 6.18 Å². The molecule has 1 aromatic heterocycles. The molecule has 144 valence electrons. The van der Waals surface area contributed by atoms with Crippen molar-refractivity contribution in [2.75, 3.05) is 11.9 Å². The summed E-state index contributed by atoms with van der Waals surface area (Å²) in [6, 6.07) is 9.18. The van der Waals surface area contributed by atoms with Crippen molar-refractivity contribution in [3.63, 3.8) is 0 Å². The summed E-state index contributed by atoms with van der Waals surface area (Å²) in [7, 11) is 0. The molecule has 0 radical (unpaired) electrons. The zero-order valence-electron chi connectivity index (χ0n) is 14.7. The molecule has 27 heavy (non-hydrogen) atoms. The van der Waals surface area contributed by atoms with Crippen LogP contribution in [0.5, 0.6) is 5.88 Å². The maximum atomic E-state index is 12.2. The van der Waals surface area contributed by atoms with E-state index in [0.29, 0.717) is 5.56 Å². The SMILES string of the molecule is NC(=NCc1ccnc(OCC(F)(F)F)c1)Nc1cccc2c1CCCC2. The topological polar surface area (TPSA) is 72.5 Å². The fraction of sp³-hybridized carbons (Fsp3) is 0.368. The lowest BCUT2D eigenvalue weighted by molar-refractivity contribution is -0.154. The maximum Gasteiger partial charge on any atom is 0.422 e. The number of nitrogens with two attached hydrogens (primary N) is 1. The van der Waals surface area contributed by atoms with E-state index in [1.165, 1.54) is 29.8 Å². The average Bonchev–Trinajstić information content (AvgIpc) is 2.65. The lowest BCUT2D eigenvalue weighted by Gasteiger charge is -2.19. The molecule has 1 aliphatic carbocycles. The Labute approximate surface area is 155 Å². The number of aliphatic imine (C=N–C) groups is 1. The Morgan fingerprint density at radius 1 is 1.22 bits per heavy atom. The van der Waals surface area contributed by atoms with Crippen LogP contribution in [0.3, 0.4) is 0 Å². The van der Waals surface area contributed by atoms with Crippen LogP contribution in [0.1, 0.15) is 29.5 Å². The summed E-state index contributed by atoms with van der Waals surface area (Å²) < 4.78 is 41.3. The van der Waals surface area contributed by atoms with E-state index in [2.05, 4.69) is 26.1 Å². The molecule has 1 aromatic carbocycles. The van der Waals surface area contributed by atoms with E-state index < -0.39 is 12.8 Å². The van der Waals surface area contributed by atoms with Crippen LogP contribution in [-0.2, 0) is 19.4 Å². The fourth-order valence-corrected chi connectivity index (χ4v) is 3.04. The average molecular weight is 378 g/mol. The third-order valence-electron chi connectivity index (χ3n) is 4.27. The fourth-order valence-electron chi connectivity index (χ4n) is 3.04. The van der Waals surface area contributed by atoms with Crippen LogP contribution in [-0.4, -0.2) is 23.7 Å². The standard InChI is InChI=1S/C19H21F3N4O/c20-19(21,22)12-27-17-10-13(8-9-24-17)11-25-18(23)26-16-7-3-5-14-4-1-2-6-15(14)16/h3,5,7-10H,1-2,4,6,11-12H2,(H3,23,25,26). The number of hydrogen-bond acceptors (Lipinski definition) is 3.